The summed E-state index contributed by atoms with van der Waals surface area (Å²) in [5, 5.41) is 4.00. The normalized spacial score (nSPS) is 36.3. The van der Waals surface area contributed by atoms with Gasteiger partial charge in [0.2, 0.25) is 0 Å². The molecule has 3 fully saturated rings. The molecule has 0 aromatic carbocycles. The molecule has 2 nitrogen and oxygen atoms in total. The number of piperazine rings is 1. The molecule has 0 amide bonds. The van der Waals surface area contributed by atoms with Gasteiger partial charge in [-0.2, -0.15) is 0 Å². The summed E-state index contributed by atoms with van der Waals surface area (Å²) in [5.74, 6) is 1.90. The highest BCUT2D eigenvalue weighted by Gasteiger charge is 2.48. The zero-order valence-electron chi connectivity index (χ0n) is 14.5. The van der Waals surface area contributed by atoms with E-state index in [0.29, 0.717) is 5.54 Å². The smallest absolute Gasteiger partial charge is 0.0309 e. The van der Waals surface area contributed by atoms with Gasteiger partial charge in [-0.15, -0.1) is 0 Å². The van der Waals surface area contributed by atoms with Crippen LogP contribution in [0, 0.1) is 11.8 Å². The van der Waals surface area contributed by atoms with Gasteiger partial charge in [0.05, 0.1) is 0 Å². The first kappa shape index (κ1) is 15.8. The third-order valence-electron chi connectivity index (χ3n) is 6.74. The van der Waals surface area contributed by atoms with Gasteiger partial charge in [0.1, 0.15) is 0 Å². The van der Waals surface area contributed by atoms with E-state index >= 15 is 0 Å². The van der Waals surface area contributed by atoms with Gasteiger partial charge >= 0.3 is 0 Å². The van der Waals surface area contributed by atoms with Gasteiger partial charge in [-0.05, 0) is 57.3 Å². The zero-order chi connectivity index (χ0) is 14.9. The van der Waals surface area contributed by atoms with Gasteiger partial charge in [0, 0.05) is 30.7 Å². The third kappa shape index (κ3) is 3.32. The largest absolute Gasteiger partial charge is 0.308 e. The molecule has 2 unspecified atom stereocenters. The Bertz CT molecular complexity index is 328. The van der Waals surface area contributed by atoms with Crippen molar-refractivity contribution >= 4 is 0 Å². The second-order valence-corrected chi connectivity index (χ2v) is 8.18. The first-order valence-electron chi connectivity index (χ1n) is 9.68. The highest BCUT2D eigenvalue weighted by atomic mass is 15.3. The van der Waals surface area contributed by atoms with E-state index in [2.05, 4.69) is 31.0 Å². The van der Waals surface area contributed by atoms with Crippen molar-refractivity contribution in [1.29, 1.82) is 0 Å². The number of nitrogens with one attached hydrogen (secondary N) is 1. The highest BCUT2D eigenvalue weighted by molar-refractivity contribution is 5.06. The fourth-order valence-corrected chi connectivity index (χ4v) is 5.12. The van der Waals surface area contributed by atoms with Gasteiger partial charge in [0.15, 0.2) is 0 Å². The Hall–Kier alpha value is -0.0800. The van der Waals surface area contributed by atoms with Crippen molar-refractivity contribution in [1.82, 2.24) is 10.2 Å². The molecule has 2 saturated carbocycles. The molecule has 0 radical (unpaired) electrons. The van der Waals surface area contributed by atoms with Gasteiger partial charge in [-0.3, -0.25) is 4.90 Å². The van der Waals surface area contributed by atoms with E-state index < -0.39 is 0 Å². The molecule has 0 aromatic rings. The lowest BCUT2D eigenvalue weighted by molar-refractivity contribution is 0.000559. The summed E-state index contributed by atoms with van der Waals surface area (Å²) in [6, 6.07) is 1.61. The monoisotopic (exact) mass is 292 g/mol. The van der Waals surface area contributed by atoms with Crippen LogP contribution in [0.4, 0.5) is 0 Å². The van der Waals surface area contributed by atoms with Crippen LogP contribution in [0.3, 0.4) is 0 Å². The van der Waals surface area contributed by atoms with E-state index in [1.807, 2.05) is 0 Å². The van der Waals surface area contributed by atoms with Crippen LogP contribution in [-0.2, 0) is 0 Å². The van der Waals surface area contributed by atoms with Crippen molar-refractivity contribution in [2.24, 2.45) is 11.8 Å². The average molecular weight is 293 g/mol. The minimum absolute atomic E-state index is 0.397. The molecule has 122 valence electrons. The molecule has 0 aromatic heterocycles. The molecule has 2 heteroatoms. The van der Waals surface area contributed by atoms with Gasteiger partial charge in [-0.1, -0.05) is 33.1 Å². The Morgan fingerprint density at radius 3 is 2.29 bits per heavy atom. The van der Waals surface area contributed by atoms with E-state index in [4.69, 9.17) is 0 Å². The quantitative estimate of drug-likeness (QED) is 0.817. The summed E-state index contributed by atoms with van der Waals surface area (Å²) in [7, 11) is 0. The van der Waals surface area contributed by atoms with Crippen LogP contribution in [0.5, 0.6) is 0 Å². The maximum Gasteiger partial charge on any atom is 0.0309 e. The molecule has 3 rings (SSSR count). The molecule has 0 spiro atoms. The van der Waals surface area contributed by atoms with E-state index in [9.17, 15) is 0 Å². The van der Waals surface area contributed by atoms with Crippen LogP contribution in [0.25, 0.3) is 0 Å². The van der Waals surface area contributed by atoms with Crippen LogP contribution in [0.2, 0.25) is 0 Å². The van der Waals surface area contributed by atoms with Crippen molar-refractivity contribution in [2.45, 2.75) is 96.2 Å². The molecular weight excluding hydrogens is 256 g/mol. The Labute approximate surface area is 132 Å². The molecule has 1 N–H and O–H groups in total. The first-order chi connectivity index (χ1) is 10.2. The van der Waals surface area contributed by atoms with Gasteiger partial charge < -0.3 is 5.32 Å². The predicted octanol–water partition coefficient (Wildman–Crippen LogP) is 4.20. The second-order valence-electron chi connectivity index (χ2n) is 8.18. The van der Waals surface area contributed by atoms with Gasteiger partial charge in [-0.25, -0.2) is 0 Å². The van der Waals surface area contributed by atoms with E-state index in [0.717, 1.165) is 23.9 Å². The molecule has 1 saturated heterocycles. The van der Waals surface area contributed by atoms with Crippen LogP contribution in [0.1, 0.15) is 78.6 Å². The van der Waals surface area contributed by atoms with E-state index in [1.165, 1.54) is 70.9 Å². The van der Waals surface area contributed by atoms with Crippen molar-refractivity contribution in [3.8, 4) is 0 Å². The minimum Gasteiger partial charge on any atom is -0.308 e. The molecule has 21 heavy (non-hydrogen) atoms. The number of hydrogen-bond donors (Lipinski definition) is 1. The molecule has 2 atom stereocenters. The van der Waals surface area contributed by atoms with Crippen LogP contribution in [-0.4, -0.2) is 35.6 Å². The SMILES string of the molecule is CCC(CC)N1CC(C)(C2CC2)NCC1C1CCCCC1. The van der Waals surface area contributed by atoms with E-state index in [-0.39, 0.29) is 0 Å². The maximum atomic E-state index is 4.00. The summed E-state index contributed by atoms with van der Waals surface area (Å²) in [5.41, 5.74) is 0.397. The fourth-order valence-electron chi connectivity index (χ4n) is 5.12. The zero-order valence-corrected chi connectivity index (χ0v) is 14.5. The Balaban J connectivity index is 1.74. The number of nitrogens with zero attached hydrogens (tertiary/aromatic N) is 1. The summed E-state index contributed by atoms with van der Waals surface area (Å²) >= 11 is 0. The standard InChI is InChI=1S/C19H36N2/c1-4-17(5-2)21-14-19(3,16-11-12-16)20-13-18(21)15-9-7-6-8-10-15/h15-18,20H,4-14H2,1-3H3. The van der Waals surface area contributed by atoms with E-state index in [1.54, 1.807) is 0 Å². The van der Waals surface area contributed by atoms with Gasteiger partial charge in [0.25, 0.3) is 0 Å². The molecule has 1 heterocycles. The molecular formula is C19H36N2. The minimum atomic E-state index is 0.397. The fraction of sp³-hybridized carbons (Fsp3) is 1.00. The summed E-state index contributed by atoms with van der Waals surface area (Å²) in [4.78, 5) is 2.95. The molecule has 3 aliphatic rings. The lowest BCUT2D eigenvalue weighted by atomic mass is 9.79. The average Bonchev–Trinajstić information content (AvgIpc) is 3.35. The topological polar surface area (TPSA) is 15.3 Å². The second kappa shape index (κ2) is 6.58. The van der Waals surface area contributed by atoms with Crippen LogP contribution < -0.4 is 5.32 Å². The Kier molecular flexibility index (Phi) is 4.95. The number of rotatable bonds is 5. The summed E-state index contributed by atoms with van der Waals surface area (Å²) in [6.45, 7) is 9.82. The Morgan fingerprint density at radius 2 is 1.71 bits per heavy atom. The first-order valence-corrected chi connectivity index (χ1v) is 9.68. The van der Waals surface area contributed by atoms with Crippen molar-refractivity contribution in [3.05, 3.63) is 0 Å². The summed E-state index contributed by atoms with van der Waals surface area (Å²) < 4.78 is 0. The molecule has 0 bridgehead atoms. The highest BCUT2D eigenvalue weighted by Crippen LogP contribution is 2.43. The van der Waals surface area contributed by atoms with Crippen LogP contribution in [0.15, 0.2) is 0 Å². The lowest BCUT2D eigenvalue weighted by Crippen LogP contribution is -2.67. The predicted molar refractivity (Wildman–Crippen MR) is 90.6 cm³/mol. The lowest BCUT2D eigenvalue weighted by Gasteiger charge is -2.52. The van der Waals surface area contributed by atoms with Crippen LogP contribution >= 0.6 is 0 Å². The number of hydrogen-bond acceptors (Lipinski definition) is 2. The van der Waals surface area contributed by atoms with Crippen molar-refractivity contribution in [2.75, 3.05) is 13.1 Å². The maximum absolute atomic E-state index is 4.00. The Morgan fingerprint density at radius 1 is 1.05 bits per heavy atom. The third-order valence-corrected chi connectivity index (χ3v) is 6.74. The summed E-state index contributed by atoms with van der Waals surface area (Å²) in [6.07, 6.45) is 12.9. The van der Waals surface area contributed by atoms with Crippen molar-refractivity contribution < 1.29 is 0 Å². The van der Waals surface area contributed by atoms with Crippen molar-refractivity contribution in [3.63, 3.8) is 0 Å². The molecule has 2 aliphatic carbocycles. The molecule has 1 aliphatic heterocycles.